The molecule has 1 aromatic carbocycles. The van der Waals surface area contributed by atoms with Gasteiger partial charge in [-0.25, -0.2) is 0 Å². The zero-order valence-electron chi connectivity index (χ0n) is 11.2. The standard InChI is InChI=1S/C13H19N3O3/c1-3-14-13(17)8-9-15-10(2)11-4-6-12(7-5-11)16(18)19/h4-7,10,15H,3,8-9H2,1-2H3,(H,14,17). The van der Waals surface area contributed by atoms with Crippen LogP contribution in [0.25, 0.3) is 0 Å². The Morgan fingerprint density at radius 1 is 1.37 bits per heavy atom. The van der Waals surface area contributed by atoms with Gasteiger partial charge in [-0.05, 0) is 19.4 Å². The molecule has 0 saturated heterocycles. The molecule has 0 aliphatic rings. The number of nitrogens with zero attached hydrogens (tertiary/aromatic N) is 1. The maximum absolute atomic E-state index is 11.3. The van der Waals surface area contributed by atoms with E-state index >= 15 is 0 Å². The van der Waals surface area contributed by atoms with Crippen LogP contribution in [0.15, 0.2) is 24.3 Å². The third kappa shape index (κ3) is 5.05. The third-order valence-corrected chi connectivity index (χ3v) is 2.78. The van der Waals surface area contributed by atoms with Crippen LogP contribution >= 0.6 is 0 Å². The van der Waals surface area contributed by atoms with Gasteiger partial charge in [0.05, 0.1) is 4.92 Å². The molecule has 2 N–H and O–H groups in total. The summed E-state index contributed by atoms with van der Waals surface area (Å²) in [5.41, 5.74) is 1.04. The molecule has 19 heavy (non-hydrogen) atoms. The van der Waals surface area contributed by atoms with Gasteiger partial charge in [-0.15, -0.1) is 0 Å². The van der Waals surface area contributed by atoms with Gasteiger partial charge in [0.1, 0.15) is 0 Å². The molecule has 0 aliphatic carbocycles. The summed E-state index contributed by atoms with van der Waals surface area (Å²) in [4.78, 5) is 21.4. The van der Waals surface area contributed by atoms with Crippen molar-refractivity contribution in [1.82, 2.24) is 10.6 Å². The molecule has 0 aliphatic heterocycles. The van der Waals surface area contributed by atoms with Gasteiger partial charge in [0.15, 0.2) is 0 Å². The summed E-state index contributed by atoms with van der Waals surface area (Å²) in [7, 11) is 0. The highest BCUT2D eigenvalue weighted by molar-refractivity contribution is 5.75. The van der Waals surface area contributed by atoms with Crippen LogP contribution in [-0.4, -0.2) is 23.9 Å². The molecule has 0 aromatic heterocycles. The first-order valence-corrected chi connectivity index (χ1v) is 6.29. The van der Waals surface area contributed by atoms with Crippen molar-refractivity contribution in [2.45, 2.75) is 26.3 Å². The molecule has 6 nitrogen and oxygen atoms in total. The van der Waals surface area contributed by atoms with Crippen molar-refractivity contribution in [1.29, 1.82) is 0 Å². The fourth-order valence-corrected chi connectivity index (χ4v) is 1.69. The van der Waals surface area contributed by atoms with Crippen molar-refractivity contribution in [3.05, 3.63) is 39.9 Å². The summed E-state index contributed by atoms with van der Waals surface area (Å²) in [6.07, 6.45) is 0.422. The Kier molecular flexibility index (Phi) is 5.95. The lowest BCUT2D eigenvalue weighted by Crippen LogP contribution is -2.28. The minimum Gasteiger partial charge on any atom is -0.356 e. The summed E-state index contributed by atoms with van der Waals surface area (Å²) in [6.45, 7) is 5.05. The van der Waals surface area contributed by atoms with Gasteiger partial charge in [0, 0.05) is 37.7 Å². The fourth-order valence-electron chi connectivity index (χ4n) is 1.69. The normalized spacial score (nSPS) is 11.9. The van der Waals surface area contributed by atoms with Gasteiger partial charge in [-0.2, -0.15) is 0 Å². The first-order chi connectivity index (χ1) is 9.04. The van der Waals surface area contributed by atoms with Crippen LogP contribution < -0.4 is 10.6 Å². The van der Waals surface area contributed by atoms with Crippen LogP contribution in [0.4, 0.5) is 5.69 Å². The Morgan fingerprint density at radius 2 is 2.00 bits per heavy atom. The predicted molar refractivity (Wildman–Crippen MR) is 72.8 cm³/mol. The minimum atomic E-state index is -0.420. The molecule has 0 spiro atoms. The van der Waals surface area contributed by atoms with Crippen molar-refractivity contribution in [2.75, 3.05) is 13.1 Å². The van der Waals surface area contributed by atoms with E-state index in [1.165, 1.54) is 12.1 Å². The molecule has 0 fully saturated rings. The monoisotopic (exact) mass is 265 g/mol. The van der Waals surface area contributed by atoms with Gasteiger partial charge in [-0.1, -0.05) is 12.1 Å². The summed E-state index contributed by atoms with van der Waals surface area (Å²) in [6, 6.07) is 6.47. The number of hydrogen-bond donors (Lipinski definition) is 2. The van der Waals surface area contributed by atoms with Crippen LogP contribution in [0, 0.1) is 10.1 Å². The van der Waals surface area contributed by atoms with E-state index in [1.54, 1.807) is 12.1 Å². The molecule has 1 rings (SSSR count). The van der Waals surface area contributed by atoms with E-state index in [4.69, 9.17) is 0 Å². The van der Waals surface area contributed by atoms with Crippen molar-refractivity contribution < 1.29 is 9.72 Å². The summed E-state index contributed by atoms with van der Waals surface area (Å²) >= 11 is 0. The van der Waals surface area contributed by atoms with Crippen LogP contribution in [0.1, 0.15) is 31.9 Å². The molecule has 104 valence electrons. The van der Waals surface area contributed by atoms with Gasteiger partial charge in [-0.3, -0.25) is 14.9 Å². The van der Waals surface area contributed by atoms with Crippen LogP contribution in [0.5, 0.6) is 0 Å². The molecule has 6 heteroatoms. The Balaban J connectivity index is 2.43. The van der Waals surface area contributed by atoms with E-state index in [0.29, 0.717) is 19.5 Å². The maximum atomic E-state index is 11.3. The van der Waals surface area contributed by atoms with Crippen molar-refractivity contribution in [3.63, 3.8) is 0 Å². The first kappa shape index (κ1) is 15.1. The first-order valence-electron chi connectivity index (χ1n) is 6.29. The number of amides is 1. The highest BCUT2D eigenvalue weighted by Crippen LogP contribution is 2.17. The second kappa shape index (κ2) is 7.48. The Bertz CT molecular complexity index is 431. The summed E-state index contributed by atoms with van der Waals surface area (Å²) in [5.74, 6) is 0.0194. The predicted octanol–water partition coefficient (Wildman–Crippen LogP) is 1.77. The number of hydrogen-bond acceptors (Lipinski definition) is 4. The highest BCUT2D eigenvalue weighted by atomic mass is 16.6. The van der Waals surface area contributed by atoms with E-state index in [1.807, 2.05) is 13.8 Å². The zero-order chi connectivity index (χ0) is 14.3. The topological polar surface area (TPSA) is 84.3 Å². The number of carbonyl (C=O) groups excluding carboxylic acids is 1. The largest absolute Gasteiger partial charge is 0.356 e. The van der Waals surface area contributed by atoms with Gasteiger partial charge < -0.3 is 10.6 Å². The molecule has 1 aromatic rings. The summed E-state index contributed by atoms with van der Waals surface area (Å²) < 4.78 is 0. The van der Waals surface area contributed by atoms with Gasteiger partial charge in [0.2, 0.25) is 5.91 Å². The number of nitro benzene ring substituents is 1. The SMILES string of the molecule is CCNC(=O)CCNC(C)c1ccc([N+](=O)[O-])cc1. The number of non-ortho nitro benzene ring substituents is 1. The molecule has 0 radical (unpaired) electrons. The number of carbonyl (C=O) groups is 1. The van der Waals surface area contributed by atoms with Crippen LogP contribution in [0.2, 0.25) is 0 Å². The van der Waals surface area contributed by atoms with E-state index in [2.05, 4.69) is 10.6 Å². The van der Waals surface area contributed by atoms with Crippen LogP contribution in [-0.2, 0) is 4.79 Å². The average molecular weight is 265 g/mol. The number of rotatable bonds is 7. The van der Waals surface area contributed by atoms with Crippen molar-refractivity contribution in [2.24, 2.45) is 0 Å². The maximum Gasteiger partial charge on any atom is 0.269 e. The van der Waals surface area contributed by atoms with Crippen molar-refractivity contribution in [3.8, 4) is 0 Å². The van der Waals surface area contributed by atoms with Crippen LogP contribution in [0.3, 0.4) is 0 Å². The fraction of sp³-hybridized carbons (Fsp3) is 0.462. The molecule has 1 atom stereocenters. The molecule has 0 bridgehead atoms. The molecular weight excluding hydrogens is 246 g/mol. The Hall–Kier alpha value is -1.95. The smallest absolute Gasteiger partial charge is 0.269 e. The van der Waals surface area contributed by atoms with E-state index in [0.717, 1.165) is 5.56 Å². The molecule has 0 heterocycles. The van der Waals surface area contributed by atoms with E-state index in [9.17, 15) is 14.9 Å². The second-order valence-electron chi connectivity index (χ2n) is 4.23. The molecule has 0 saturated carbocycles. The number of nitro groups is 1. The zero-order valence-corrected chi connectivity index (χ0v) is 11.2. The molecule has 1 amide bonds. The average Bonchev–Trinajstić information content (AvgIpc) is 2.39. The number of nitrogens with one attached hydrogen (secondary N) is 2. The number of benzene rings is 1. The lowest BCUT2D eigenvalue weighted by atomic mass is 10.1. The second-order valence-corrected chi connectivity index (χ2v) is 4.23. The van der Waals surface area contributed by atoms with Gasteiger partial charge >= 0.3 is 0 Å². The Morgan fingerprint density at radius 3 is 2.53 bits per heavy atom. The van der Waals surface area contributed by atoms with E-state index in [-0.39, 0.29) is 17.6 Å². The Labute approximate surface area is 112 Å². The van der Waals surface area contributed by atoms with Gasteiger partial charge in [0.25, 0.3) is 5.69 Å². The molecular formula is C13H19N3O3. The quantitative estimate of drug-likeness (QED) is 0.581. The summed E-state index contributed by atoms with van der Waals surface area (Å²) in [5, 5.41) is 16.5. The van der Waals surface area contributed by atoms with Crippen molar-refractivity contribution >= 4 is 11.6 Å². The lowest BCUT2D eigenvalue weighted by Gasteiger charge is -2.13. The molecule has 1 unspecified atom stereocenters. The minimum absolute atomic E-state index is 0.0194. The van der Waals surface area contributed by atoms with E-state index < -0.39 is 4.92 Å². The highest BCUT2D eigenvalue weighted by Gasteiger charge is 2.09. The lowest BCUT2D eigenvalue weighted by molar-refractivity contribution is -0.384. The third-order valence-electron chi connectivity index (χ3n) is 2.78.